The van der Waals surface area contributed by atoms with Crippen LogP contribution in [-0.2, 0) is 9.53 Å². The molecule has 4 heteroatoms. The Labute approximate surface area is 70.5 Å². The molecule has 4 nitrogen and oxygen atoms in total. The van der Waals surface area contributed by atoms with Gasteiger partial charge in [0.2, 0.25) is 5.89 Å². The van der Waals surface area contributed by atoms with Crippen molar-refractivity contribution < 1.29 is 13.9 Å². The van der Waals surface area contributed by atoms with Gasteiger partial charge in [0.05, 0.1) is 6.61 Å². The molecule has 0 spiro atoms. The van der Waals surface area contributed by atoms with Crippen molar-refractivity contribution in [3.8, 4) is 0 Å². The van der Waals surface area contributed by atoms with E-state index in [1.165, 1.54) is 6.26 Å². The fraction of sp³-hybridized carbons (Fsp3) is 0.500. The van der Waals surface area contributed by atoms with Crippen LogP contribution in [0.15, 0.2) is 10.7 Å². The van der Waals surface area contributed by atoms with E-state index in [1.54, 1.807) is 13.8 Å². The molecular formula is C8H10NO3. The first-order chi connectivity index (χ1) is 5.75. The summed E-state index contributed by atoms with van der Waals surface area (Å²) < 4.78 is 9.67. The minimum atomic E-state index is -0.448. The molecule has 0 saturated heterocycles. The summed E-state index contributed by atoms with van der Waals surface area (Å²) in [7, 11) is 0. The van der Waals surface area contributed by atoms with Crippen molar-refractivity contribution in [2.45, 2.75) is 19.8 Å². The fourth-order valence-corrected chi connectivity index (χ4v) is 0.770. The predicted octanol–water partition coefficient (Wildman–Crippen LogP) is 1.14. The molecule has 0 bridgehead atoms. The Hall–Kier alpha value is -1.32. The Bertz CT molecular complexity index is 243. The lowest BCUT2D eigenvalue weighted by atomic mass is 10.2. The highest BCUT2D eigenvalue weighted by molar-refractivity contribution is 5.76. The molecule has 0 aliphatic heterocycles. The molecule has 65 valence electrons. The van der Waals surface area contributed by atoms with Crippen LogP contribution in [0.1, 0.15) is 25.7 Å². The number of carbonyl (C=O) groups is 1. The number of oxazole rings is 1. The summed E-state index contributed by atoms with van der Waals surface area (Å²) >= 11 is 0. The summed E-state index contributed by atoms with van der Waals surface area (Å²) in [6, 6.07) is 0. The van der Waals surface area contributed by atoms with Gasteiger partial charge in [-0.15, -0.1) is 0 Å². The van der Waals surface area contributed by atoms with Gasteiger partial charge in [-0.1, -0.05) is 0 Å². The minimum absolute atomic E-state index is 0.326. The van der Waals surface area contributed by atoms with Crippen molar-refractivity contribution in [3.05, 3.63) is 18.4 Å². The summed E-state index contributed by atoms with van der Waals surface area (Å²) in [5.41, 5.74) is 0. The Morgan fingerprint density at radius 1 is 1.92 bits per heavy atom. The number of carbonyl (C=O) groups excluding carboxylic acids is 1. The number of ether oxygens (including phenoxy) is 1. The SMILES string of the molecule is CCOC(=O)C(C)c1n[c]co1. The molecule has 0 aromatic carbocycles. The maximum absolute atomic E-state index is 11.1. The topological polar surface area (TPSA) is 52.3 Å². The molecule has 0 saturated carbocycles. The van der Waals surface area contributed by atoms with Crippen molar-refractivity contribution >= 4 is 5.97 Å². The summed E-state index contributed by atoms with van der Waals surface area (Å²) in [6.45, 7) is 3.80. The zero-order valence-electron chi connectivity index (χ0n) is 7.03. The van der Waals surface area contributed by atoms with Gasteiger partial charge in [-0.3, -0.25) is 4.79 Å². The highest BCUT2D eigenvalue weighted by atomic mass is 16.5. The predicted molar refractivity (Wildman–Crippen MR) is 40.4 cm³/mol. The molecule has 0 N–H and O–H groups in total. The number of esters is 1. The lowest BCUT2D eigenvalue weighted by Gasteiger charge is -2.05. The number of hydrogen-bond acceptors (Lipinski definition) is 4. The fourth-order valence-electron chi connectivity index (χ4n) is 0.770. The Morgan fingerprint density at radius 3 is 3.17 bits per heavy atom. The second-order valence-electron chi connectivity index (χ2n) is 2.29. The van der Waals surface area contributed by atoms with Crippen molar-refractivity contribution in [1.29, 1.82) is 0 Å². The first kappa shape index (κ1) is 8.77. The van der Waals surface area contributed by atoms with Gasteiger partial charge in [0.15, 0.2) is 0 Å². The van der Waals surface area contributed by atoms with E-state index in [4.69, 9.17) is 9.15 Å². The van der Waals surface area contributed by atoms with Crippen LogP contribution in [0.4, 0.5) is 0 Å². The van der Waals surface area contributed by atoms with Crippen LogP contribution in [0.5, 0.6) is 0 Å². The average Bonchev–Trinajstić information content (AvgIpc) is 2.55. The maximum atomic E-state index is 11.1. The van der Waals surface area contributed by atoms with Crippen molar-refractivity contribution in [1.82, 2.24) is 4.98 Å². The molecule has 1 radical (unpaired) electrons. The molecule has 0 fully saturated rings. The van der Waals surface area contributed by atoms with Crippen molar-refractivity contribution in [2.75, 3.05) is 6.61 Å². The monoisotopic (exact) mass is 168 g/mol. The first-order valence-electron chi connectivity index (χ1n) is 3.73. The molecule has 0 aliphatic rings. The third kappa shape index (κ3) is 1.84. The van der Waals surface area contributed by atoms with Crippen LogP contribution in [-0.4, -0.2) is 17.6 Å². The van der Waals surface area contributed by atoms with Crippen molar-refractivity contribution in [3.63, 3.8) is 0 Å². The zero-order chi connectivity index (χ0) is 8.97. The second kappa shape index (κ2) is 3.90. The third-order valence-electron chi connectivity index (χ3n) is 1.42. The highest BCUT2D eigenvalue weighted by Crippen LogP contribution is 2.13. The summed E-state index contributed by atoms with van der Waals surface area (Å²) in [5, 5.41) is 0. The van der Waals surface area contributed by atoms with E-state index < -0.39 is 5.92 Å². The Morgan fingerprint density at radius 2 is 2.67 bits per heavy atom. The molecule has 1 heterocycles. The van der Waals surface area contributed by atoms with Gasteiger partial charge in [-0.2, -0.15) is 0 Å². The van der Waals surface area contributed by atoms with Gasteiger partial charge < -0.3 is 9.15 Å². The van der Waals surface area contributed by atoms with E-state index in [1.807, 2.05) is 0 Å². The molecular weight excluding hydrogens is 158 g/mol. The van der Waals surface area contributed by atoms with E-state index in [9.17, 15) is 4.79 Å². The van der Waals surface area contributed by atoms with Crippen LogP contribution >= 0.6 is 0 Å². The molecule has 12 heavy (non-hydrogen) atoms. The highest BCUT2D eigenvalue weighted by Gasteiger charge is 2.20. The molecule has 0 amide bonds. The van der Waals surface area contributed by atoms with Crippen LogP contribution in [0.3, 0.4) is 0 Å². The van der Waals surface area contributed by atoms with E-state index in [-0.39, 0.29) is 5.97 Å². The molecule has 1 atom stereocenters. The molecule has 1 unspecified atom stereocenters. The number of nitrogens with zero attached hydrogens (tertiary/aromatic N) is 1. The molecule has 1 aromatic heterocycles. The molecule has 1 rings (SSSR count). The molecule has 0 aliphatic carbocycles. The smallest absolute Gasteiger partial charge is 0.318 e. The quantitative estimate of drug-likeness (QED) is 0.635. The standard InChI is InChI=1S/C8H10NO3/c1-3-11-8(10)6(2)7-9-4-5-12-7/h5-6H,3H2,1-2H3. The number of aromatic nitrogens is 1. The van der Waals surface area contributed by atoms with Crippen molar-refractivity contribution in [2.24, 2.45) is 0 Å². The lowest BCUT2D eigenvalue weighted by Crippen LogP contribution is -2.13. The largest absolute Gasteiger partial charge is 0.465 e. The van der Waals surface area contributed by atoms with E-state index in [0.717, 1.165) is 0 Å². The maximum Gasteiger partial charge on any atom is 0.318 e. The van der Waals surface area contributed by atoms with Gasteiger partial charge in [-0.05, 0) is 13.8 Å². The van der Waals surface area contributed by atoms with Gasteiger partial charge in [0.25, 0.3) is 0 Å². The number of rotatable bonds is 3. The third-order valence-corrected chi connectivity index (χ3v) is 1.42. The number of hydrogen-bond donors (Lipinski definition) is 0. The van der Waals surface area contributed by atoms with Crippen LogP contribution in [0.25, 0.3) is 0 Å². The minimum Gasteiger partial charge on any atom is -0.465 e. The normalized spacial score (nSPS) is 12.5. The van der Waals surface area contributed by atoms with E-state index in [2.05, 4.69) is 11.2 Å². The Balaban J connectivity index is 2.59. The first-order valence-corrected chi connectivity index (χ1v) is 3.73. The second-order valence-corrected chi connectivity index (χ2v) is 2.29. The average molecular weight is 168 g/mol. The summed E-state index contributed by atoms with van der Waals surface area (Å²) in [5.74, 6) is -0.432. The summed E-state index contributed by atoms with van der Waals surface area (Å²) in [4.78, 5) is 14.8. The zero-order valence-corrected chi connectivity index (χ0v) is 7.03. The van der Waals surface area contributed by atoms with E-state index >= 15 is 0 Å². The van der Waals surface area contributed by atoms with Crippen LogP contribution in [0.2, 0.25) is 0 Å². The van der Waals surface area contributed by atoms with Crippen LogP contribution in [0, 0.1) is 6.20 Å². The van der Waals surface area contributed by atoms with Gasteiger partial charge in [0.1, 0.15) is 18.4 Å². The summed E-state index contributed by atoms with van der Waals surface area (Å²) in [6.07, 6.45) is 3.79. The van der Waals surface area contributed by atoms with Gasteiger partial charge >= 0.3 is 5.97 Å². The van der Waals surface area contributed by atoms with Crippen LogP contribution < -0.4 is 0 Å². The lowest BCUT2D eigenvalue weighted by molar-refractivity contribution is -0.145. The Kier molecular flexibility index (Phi) is 2.85. The van der Waals surface area contributed by atoms with Gasteiger partial charge in [0, 0.05) is 0 Å². The molecule has 1 aromatic rings. The van der Waals surface area contributed by atoms with E-state index in [0.29, 0.717) is 12.5 Å². The van der Waals surface area contributed by atoms with Gasteiger partial charge in [-0.25, -0.2) is 4.98 Å².